The molecular formula is C35H38N2. The molecule has 0 spiro atoms. The number of anilines is 2. The van der Waals surface area contributed by atoms with Crippen molar-refractivity contribution in [3.63, 3.8) is 0 Å². The zero-order valence-corrected chi connectivity index (χ0v) is 21.9. The van der Waals surface area contributed by atoms with Gasteiger partial charge in [-0.1, -0.05) is 110 Å². The first kappa shape index (κ1) is 26.0. The lowest BCUT2D eigenvalue weighted by molar-refractivity contribution is 0.883. The summed E-state index contributed by atoms with van der Waals surface area (Å²) in [6.45, 7) is 6.84. The molecule has 188 valence electrons. The van der Waals surface area contributed by atoms with Crippen molar-refractivity contribution in [2.45, 2.75) is 38.6 Å². The second kappa shape index (κ2) is 13.9. The van der Waals surface area contributed by atoms with Gasteiger partial charge in [-0.15, -0.1) is 0 Å². The van der Waals surface area contributed by atoms with E-state index in [9.17, 15) is 0 Å². The Kier molecular flexibility index (Phi) is 9.77. The Morgan fingerprint density at radius 3 is 2.59 bits per heavy atom. The molecule has 0 bridgehead atoms. The summed E-state index contributed by atoms with van der Waals surface area (Å²) in [6.07, 6.45) is 21.3. The Labute approximate surface area is 222 Å². The molecule has 2 aliphatic carbocycles. The largest absolute Gasteiger partial charge is 0.379 e. The van der Waals surface area contributed by atoms with Crippen LogP contribution in [0, 0.1) is 6.92 Å². The molecule has 0 aliphatic heterocycles. The molecule has 0 aromatic heterocycles. The van der Waals surface area contributed by atoms with E-state index in [-0.39, 0.29) is 0 Å². The van der Waals surface area contributed by atoms with E-state index in [2.05, 4.69) is 139 Å². The van der Waals surface area contributed by atoms with E-state index in [1.54, 1.807) is 0 Å². The van der Waals surface area contributed by atoms with Crippen LogP contribution in [0.5, 0.6) is 0 Å². The number of aryl methyl sites for hydroxylation is 1. The molecule has 0 fully saturated rings. The van der Waals surface area contributed by atoms with E-state index >= 15 is 0 Å². The van der Waals surface area contributed by atoms with E-state index in [0.29, 0.717) is 6.04 Å². The van der Waals surface area contributed by atoms with E-state index < -0.39 is 0 Å². The number of hydrogen-bond donors (Lipinski definition) is 1. The Hall–Kier alpha value is -4.04. The predicted molar refractivity (Wildman–Crippen MR) is 162 cm³/mol. The van der Waals surface area contributed by atoms with Crippen LogP contribution in [-0.4, -0.2) is 12.6 Å². The molecule has 2 aliphatic rings. The maximum Gasteiger partial charge on any atom is 0.0482 e. The zero-order valence-electron chi connectivity index (χ0n) is 21.9. The van der Waals surface area contributed by atoms with Crippen LogP contribution in [0.4, 0.5) is 11.4 Å². The van der Waals surface area contributed by atoms with Gasteiger partial charge >= 0.3 is 0 Å². The fourth-order valence-corrected chi connectivity index (χ4v) is 4.78. The van der Waals surface area contributed by atoms with Crippen molar-refractivity contribution in [1.29, 1.82) is 0 Å². The zero-order chi connectivity index (χ0) is 25.7. The standard InChI is InChI=1S/C22H23N.C13H15N/c1-2-3-4-10-18-23(20-14-6-5-7-15-20)22-17-11-13-19-12-8-9-16-21(19)22;1-11-6-5-9-13(10-11)14-12-7-3-2-4-8-12/h2-9,12-16H,1,10-11,17-18H2;2-7,9-10,12,14H,8H2,1H3/b4-3-;. The number of rotatable bonds is 8. The van der Waals surface area contributed by atoms with Gasteiger partial charge in [0.1, 0.15) is 0 Å². The quantitative estimate of drug-likeness (QED) is 0.336. The molecule has 1 unspecified atom stereocenters. The third kappa shape index (κ3) is 7.72. The van der Waals surface area contributed by atoms with Gasteiger partial charge in [0.25, 0.3) is 0 Å². The summed E-state index contributed by atoms with van der Waals surface area (Å²) in [4.78, 5) is 2.47. The molecule has 0 radical (unpaired) electrons. The van der Waals surface area contributed by atoms with Crippen LogP contribution in [0.15, 0.2) is 128 Å². The first-order valence-electron chi connectivity index (χ1n) is 13.3. The van der Waals surface area contributed by atoms with Gasteiger partial charge in [-0.2, -0.15) is 0 Å². The van der Waals surface area contributed by atoms with Gasteiger partial charge in [-0.3, -0.25) is 0 Å². The van der Waals surface area contributed by atoms with Gasteiger partial charge in [0.15, 0.2) is 0 Å². The van der Waals surface area contributed by atoms with E-state index in [4.69, 9.17) is 0 Å². The van der Waals surface area contributed by atoms with Crippen molar-refractivity contribution in [1.82, 2.24) is 0 Å². The Morgan fingerprint density at radius 2 is 1.81 bits per heavy atom. The molecule has 3 aromatic carbocycles. The lowest BCUT2D eigenvalue weighted by Crippen LogP contribution is -2.37. The normalized spacial score (nSPS) is 15.8. The Morgan fingerprint density at radius 1 is 0.973 bits per heavy atom. The number of nitrogens with zero attached hydrogens (tertiary/aromatic N) is 1. The van der Waals surface area contributed by atoms with Gasteiger partial charge in [0.2, 0.25) is 0 Å². The highest BCUT2D eigenvalue weighted by atomic mass is 15.1. The molecule has 37 heavy (non-hydrogen) atoms. The number of fused-ring (bicyclic) bond motifs is 1. The van der Waals surface area contributed by atoms with Crippen molar-refractivity contribution < 1.29 is 0 Å². The number of para-hydroxylation sites is 1. The summed E-state index contributed by atoms with van der Waals surface area (Å²) < 4.78 is 0. The second-order valence-electron chi connectivity index (χ2n) is 9.39. The molecule has 0 saturated carbocycles. The van der Waals surface area contributed by atoms with Crippen LogP contribution in [0.1, 0.15) is 31.2 Å². The molecule has 0 saturated heterocycles. The monoisotopic (exact) mass is 486 g/mol. The van der Waals surface area contributed by atoms with Crippen LogP contribution >= 0.6 is 0 Å². The highest BCUT2D eigenvalue weighted by Crippen LogP contribution is 2.23. The Bertz CT molecular complexity index is 1360. The number of hydrogen-bond acceptors (Lipinski definition) is 2. The Balaban J connectivity index is 0.000000195. The van der Waals surface area contributed by atoms with Crippen molar-refractivity contribution >= 4 is 23.1 Å². The second-order valence-corrected chi connectivity index (χ2v) is 9.39. The van der Waals surface area contributed by atoms with Gasteiger partial charge in [-0.25, -0.2) is 0 Å². The third-order valence-corrected chi connectivity index (χ3v) is 6.55. The highest BCUT2D eigenvalue weighted by Gasteiger charge is 2.14. The van der Waals surface area contributed by atoms with Crippen molar-refractivity contribution in [2.24, 2.45) is 0 Å². The van der Waals surface area contributed by atoms with E-state index in [1.165, 1.54) is 33.1 Å². The van der Waals surface area contributed by atoms with Crippen LogP contribution in [0.25, 0.3) is 11.8 Å². The molecule has 5 rings (SSSR count). The fourth-order valence-electron chi connectivity index (χ4n) is 4.78. The lowest BCUT2D eigenvalue weighted by atomic mass is 10.0. The third-order valence-electron chi connectivity index (χ3n) is 6.55. The van der Waals surface area contributed by atoms with Crippen molar-refractivity contribution in [3.8, 4) is 0 Å². The van der Waals surface area contributed by atoms with E-state index in [1.807, 2.05) is 12.2 Å². The number of benzene rings is 3. The van der Waals surface area contributed by atoms with Crippen LogP contribution in [0.3, 0.4) is 0 Å². The fraction of sp³-hybridized carbons (Fsp3) is 0.200. The summed E-state index contributed by atoms with van der Waals surface area (Å²) in [5.74, 6) is 0. The van der Waals surface area contributed by atoms with Gasteiger partial charge in [0.05, 0.1) is 0 Å². The first-order chi connectivity index (χ1) is 18.2. The van der Waals surface area contributed by atoms with Gasteiger partial charge in [0, 0.05) is 34.9 Å². The average Bonchev–Trinajstić information content (AvgIpc) is 2.94. The predicted octanol–water partition coefficient (Wildman–Crippen LogP) is 7.30. The average molecular weight is 487 g/mol. The summed E-state index contributed by atoms with van der Waals surface area (Å²) >= 11 is 0. The highest BCUT2D eigenvalue weighted by molar-refractivity contribution is 5.69. The van der Waals surface area contributed by atoms with Crippen molar-refractivity contribution in [3.05, 3.63) is 144 Å². The molecule has 1 N–H and O–H groups in total. The molecule has 0 amide bonds. The summed E-state index contributed by atoms with van der Waals surface area (Å²) in [7, 11) is 0. The van der Waals surface area contributed by atoms with E-state index in [0.717, 1.165) is 32.2 Å². The summed E-state index contributed by atoms with van der Waals surface area (Å²) in [6, 6.07) is 28.4. The molecule has 1 atom stereocenters. The summed E-state index contributed by atoms with van der Waals surface area (Å²) in [5, 5.41) is 6.21. The molecule has 2 nitrogen and oxygen atoms in total. The minimum atomic E-state index is 0.446. The molecule has 3 aromatic rings. The van der Waals surface area contributed by atoms with Crippen LogP contribution in [-0.2, 0) is 0 Å². The molecule has 0 heterocycles. The SMILES string of the molecule is C=C/C=C\CCN(C1=c2ccccc2=CCC1)c1ccccc1.Cc1cccc(NC2C=CC=CC2)c1. The van der Waals surface area contributed by atoms with Crippen molar-refractivity contribution in [2.75, 3.05) is 16.8 Å². The molecule has 2 heteroatoms. The first-order valence-corrected chi connectivity index (χ1v) is 13.3. The topological polar surface area (TPSA) is 15.3 Å². The number of allylic oxidation sites excluding steroid dienone is 4. The summed E-state index contributed by atoms with van der Waals surface area (Å²) in [5.41, 5.74) is 5.20. The van der Waals surface area contributed by atoms with Gasteiger partial charge < -0.3 is 10.2 Å². The number of nitrogens with one attached hydrogen (secondary N) is 1. The minimum absolute atomic E-state index is 0.446. The smallest absolute Gasteiger partial charge is 0.0482 e. The van der Waals surface area contributed by atoms with Gasteiger partial charge in [-0.05, 0) is 67.7 Å². The van der Waals surface area contributed by atoms with Crippen LogP contribution in [0.2, 0.25) is 0 Å². The van der Waals surface area contributed by atoms with Crippen LogP contribution < -0.4 is 20.7 Å². The maximum atomic E-state index is 3.75. The molecular weight excluding hydrogens is 448 g/mol. The lowest BCUT2D eigenvalue weighted by Gasteiger charge is -2.29. The maximum absolute atomic E-state index is 3.75. The minimum Gasteiger partial charge on any atom is -0.379 e.